The molecule has 28 heavy (non-hydrogen) atoms. The van der Waals surface area contributed by atoms with Crippen molar-refractivity contribution in [3.05, 3.63) is 36.2 Å². The molecule has 1 aromatic carbocycles. The van der Waals surface area contributed by atoms with Gasteiger partial charge in [-0.25, -0.2) is 23.1 Å². The highest BCUT2D eigenvalue weighted by molar-refractivity contribution is 7.99. The fourth-order valence-electron chi connectivity index (χ4n) is 3.69. The Balaban J connectivity index is 1.32. The third-order valence-electron chi connectivity index (χ3n) is 5.39. The van der Waals surface area contributed by atoms with Crippen LogP contribution in [0.1, 0.15) is 24.8 Å². The number of sulfonamides is 1. The molecule has 1 saturated heterocycles. The van der Waals surface area contributed by atoms with Crippen LogP contribution in [0.15, 0.2) is 40.5 Å². The maximum Gasteiger partial charge on any atom is 0.211 e. The summed E-state index contributed by atoms with van der Waals surface area (Å²) in [4.78, 5) is 12.3. The largest absolute Gasteiger partial charge is 0.337 e. The molecule has 9 heteroatoms. The van der Waals surface area contributed by atoms with Gasteiger partial charge in [-0.1, -0.05) is 17.8 Å². The van der Waals surface area contributed by atoms with E-state index in [4.69, 9.17) is 0 Å². The minimum absolute atomic E-state index is 0.229. The van der Waals surface area contributed by atoms with Gasteiger partial charge in [-0.2, -0.15) is 0 Å². The summed E-state index contributed by atoms with van der Waals surface area (Å²) >= 11 is 1.64. The molecule has 2 aliphatic heterocycles. The molecule has 2 aromatic rings. The maximum atomic E-state index is 11.6. The Hall–Kier alpha value is -1.68. The maximum absolute atomic E-state index is 11.6. The van der Waals surface area contributed by atoms with Gasteiger partial charge in [0.15, 0.2) is 5.82 Å². The van der Waals surface area contributed by atoms with Crippen LogP contribution in [0.2, 0.25) is 0 Å². The molecular formula is C19H25N5O2S2. The standard InChI is InChI=1S/C19H25N5O2S2/c1-20-28(25,26)11-6-14-4-9-24(10-5-14)13-15-2-3-17-16(12-15)23-18-19(27-17)22-8-7-21-18/h2-3,7-8,12,14,20H,4-6,9-11,13H2,1H3,(H,21,23). The average Bonchev–Trinajstić information content (AvgIpc) is 2.72. The summed E-state index contributed by atoms with van der Waals surface area (Å²) in [6, 6.07) is 6.53. The van der Waals surface area contributed by atoms with E-state index < -0.39 is 10.0 Å². The molecule has 2 aliphatic rings. The molecule has 3 heterocycles. The molecule has 1 fully saturated rings. The Kier molecular flexibility index (Phi) is 5.86. The number of rotatable bonds is 6. The Bertz CT molecular complexity index is 943. The van der Waals surface area contributed by atoms with Crippen molar-refractivity contribution in [2.45, 2.75) is 35.7 Å². The Morgan fingerprint density at radius 2 is 2.04 bits per heavy atom. The highest BCUT2D eigenvalue weighted by atomic mass is 32.2. The molecule has 0 saturated carbocycles. The zero-order valence-electron chi connectivity index (χ0n) is 15.9. The van der Waals surface area contributed by atoms with Crippen molar-refractivity contribution >= 4 is 33.3 Å². The van der Waals surface area contributed by atoms with Gasteiger partial charge >= 0.3 is 0 Å². The number of aromatic nitrogens is 2. The fourth-order valence-corrected chi connectivity index (χ4v) is 5.42. The SMILES string of the molecule is CNS(=O)(=O)CCC1CCN(Cc2ccc3c(c2)Nc2nccnc2S3)CC1. The molecule has 7 nitrogen and oxygen atoms in total. The predicted molar refractivity (Wildman–Crippen MR) is 111 cm³/mol. The third-order valence-corrected chi connectivity index (χ3v) is 7.85. The van der Waals surface area contributed by atoms with E-state index in [0.717, 1.165) is 55.4 Å². The van der Waals surface area contributed by atoms with Crippen molar-refractivity contribution in [3.63, 3.8) is 0 Å². The van der Waals surface area contributed by atoms with Crippen LogP contribution in [0.3, 0.4) is 0 Å². The second-order valence-corrected chi connectivity index (χ2v) is 10.4. The summed E-state index contributed by atoms with van der Waals surface area (Å²) in [5.41, 5.74) is 2.36. The molecule has 0 unspecified atom stereocenters. The zero-order chi connectivity index (χ0) is 19.6. The van der Waals surface area contributed by atoms with Gasteiger partial charge in [0, 0.05) is 23.8 Å². The second-order valence-electron chi connectivity index (χ2n) is 7.30. The summed E-state index contributed by atoms with van der Waals surface area (Å²) in [5, 5.41) is 4.29. The lowest BCUT2D eigenvalue weighted by atomic mass is 9.94. The molecule has 150 valence electrons. The van der Waals surface area contributed by atoms with Gasteiger partial charge in [0.05, 0.1) is 11.4 Å². The Morgan fingerprint density at radius 3 is 2.82 bits per heavy atom. The molecule has 0 spiro atoms. The number of fused-ring (bicyclic) bond motifs is 2. The van der Waals surface area contributed by atoms with Gasteiger partial charge in [-0.15, -0.1) is 0 Å². The van der Waals surface area contributed by atoms with Gasteiger partial charge in [0.1, 0.15) is 5.03 Å². The lowest BCUT2D eigenvalue weighted by Crippen LogP contribution is -2.34. The number of benzene rings is 1. The molecule has 0 bridgehead atoms. The molecule has 2 N–H and O–H groups in total. The summed E-state index contributed by atoms with van der Waals surface area (Å²) < 4.78 is 25.6. The predicted octanol–water partition coefficient (Wildman–Crippen LogP) is 2.84. The van der Waals surface area contributed by atoms with Crippen molar-refractivity contribution in [3.8, 4) is 0 Å². The van der Waals surface area contributed by atoms with Crippen molar-refractivity contribution in [1.82, 2.24) is 19.6 Å². The van der Waals surface area contributed by atoms with Crippen LogP contribution >= 0.6 is 11.8 Å². The molecule has 4 rings (SSSR count). The molecule has 0 amide bonds. The van der Waals surface area contributed by atoms with Gasteiger partial charge in [0.25, 0.3) is 0 Å². The number of piperidine rings is 1. The van der Waals surface area contributed by atoms with Crippen LogP contribution in [0.4, 0.5) is 11.5 Å². The van der Waals surface area contributed by atoms with Crippen LogP contribution in [0.5, 0.6) is 0 Å². The minimum Gasteiger partial charge on any atom is -0.337 e. The van der Waals surface area contributed by atoms with Crippen molar-refractivity contribution in [1.29, 1.82) is 0 Å². The first kappa shape index (κ1) is 19.6. The lowest BCUT2D eigenvalue weighted by Gasteiger charge is -2.32. The first-order valence-corrected chi connectivity index (χ1v) is 12.0. The highest BCUT2D eigenvalue weighted by Gasteiger charge is 2.22. The van der Waals surface area contributed by atoms with Crippen molar-refractivity contribution in [2.75, 3.05) is 31.2 Å². The van der Waals surface area contributed by atoms with E-state index in [2.05, 4.69) is 43.1 Å². The van der Waals surface area contributed by atoms with Crippen LogP contribution in [0, 0.1) is 5.92 Å². The highest BCUT2D eigenvalue weighted by Crippen LogP contribution is 2.42. The van der Waals surface area contributed by atoms with E-state index >= 15 is 0 Å². The third kappa shape index (κ3) is 4.65. The molecule has 0 atom stereocenters. The minimum atomic E-state index is -3.09. The van der Waals surface area contributed by atoms with Gasteiger partial charge in [0.2, 0.25) is 10.0 Å². The van der Waals surface area contributed by atoms with Crippen molar-refractivity contribution < 1.29 is 8.42 Å². The summed E-state index contributed by atoms with van der Waals surface area (Å²) in [5.74, 6) is 1.54. The van der Waals surface area contributed by atoms with Crippen LogP contribution in [-0.2, 0) is 16.6 Å². The van der Waals surface area contributed by atoms with Crippen LogP contribution in [-0.4, -0.2) is 49.2 Å². The van der Waals surface area contributed by atoms with Gasteiger partial charge in [-0.05, 0) is 63.0 Å². The smallest absolute Gasteiger partial charge is 0.211 e. The van der Waals surface area contributed by atoms with Crippen LogP contribution in [0.25, 0.3) is 0 Å². The number of hydrogen-bond donors (Lipinski definition) is 2. The fraction of sp³-hybridized carbons (Fsp3) is 0.474. The van der Waals surface area contributed by atoms with Gasteiger partial charge < -0.3 is 5.32 Å². The molecular weight excluding hydrogens is 394 g/mol. The number of hydrogen-bond acceptors (Lipinski definition) is 7. The van der Waals surface area contributed by atoms with E-state index in [1.807, 2.05) is 0 Å². The molecule has 1 aromatic heterocycles. The first-order chi connectivity index (χ1) is 13.5. The normalized spacial score (nSPS) is 17.6. The number of nitrogens with one attached hydrogen (secondary N) is 2. The first-order valence-electron chi connectivity index (χ1n) is 9.55. The van der Waals surface area contributed by atoms with Crippen molar-refractivity contribution in [2.24, 2.45) is 5.92 Å². The number of anilines is 2. The Labute approximate surface area is 170 Å². The number of nitrogens with zero attached hydrogens (tertiary/aromatic N) is 3. The molecule has 0 radical (unpaired) electrons. The van der Waals surface area contributed by atoms with E-state index in [1.54, 1.807) is 24.2 Å². The lowest BCUT2D eigenvalue weighted by molar-refractivity contribution is 0.175. The summed E-state index contributed by atoms with van der Waals surface area (Å²) in [6.07, 6.45) is 6.28. The summed E-state index contributed by atoms with van der Waals surface area (Å²) in [7, 11) is -1.61. The van der Waals surface area contributed by atoms with Gasteiger partial charge in [-0.3, -0.25) is 4.90 Å². The van der Waals surface area contributed by atoms with E-state index in [1.165, 1.54) is 17.5 Å². The van der Waals surface area contributed by atoms with E-state index in [-0.39, 0.29) is 5.75 Å². The topological polar surface area (TPSA) is 87.2 Å². The Morgan fingerprint density at radius 1 is 1.25 bits per heavy atom. The van der Waals surface area contributed by atoms with E-state index in [9.17, 15) is 8.42 Å². The molecule has 0 aliphatic carbocycles. The van der Waals surface area contributed by atoms with Crippen LogP contribution < -0.4 is 10.0 Å². The zero-order valence-corrected chi connectivity index (χ0v) is 17.5. The average molecular weight is 420 g/mol. The van der Waals surface area contributed by atoms with E-state index in [0.29, 0.717) is 5.92 Å². The summed E-state index contributed by atoms with van der Waals surface area (Å²) in [6.45, 7) is 2.93. The quantitative estimate of drug-likeness (QED) is 0.635. The number of likely N-dealkylation sites (tertiary alicyclic amines) is 1. The second kappa shape index (κ2) is 8.36. The monoisotopic (exact) mass is 419 g/mol.